The van der Waals surface area contributed by atoms with Crippen molar-refractivity contribution >= 4 is 12.1 Å². The molecule has 84 valence electrons. The number of aliphatic carboxylic acids is 1. The Labute approximate surface area is 91.9 Å². The van der Waals surface area contributed by atoms with Crippen LogP contribution in [0.1, 0.15) is 11.1 Å². The van der Waals surface area contributed by atoms with Crippen LogP contribution in [0.25, 0.3) is 0 Å². The molecule has 0 saturated heterocycles. The van der Waals surface area contributed by atoms with E-state index in [2.05, 4.69) is 0 Å². The number of benzene rings is 1. The molecule has 2 rings (SSSR count). The van der Waals surface area contributed by atoms with Gasteiger partial charge in [-0.05, 0) is 11.1 Å². The Bertz CT molecular complexity index is 402. The van der Waals surface area contributed by atoms with Crippen molar-refractivity contribution in [3.8, 4) is 0 Å². The molecule has 1 aliphatic heterocycles. The van der Waals surface area contributed by atoms with Gasteiger partial charge < -0.3 is 10.2 Å². The van der Waals surface area contributed by atoms with Crippen LogP contribution in [0.5, 0.6) is 0 Å². The number of amides is 1. The first-order chi connectivity index (χ1) is 7.59. The molecular weight excluding hydrogens is 210 g/mol. The van der Waals surface area contributed by atoms with E-state index in [1.54, 1.807) is 0 Å². The van der Waals surface area contributed by atoms with E-state index in [0.29, 0.717) is 0 Å². The summed E-state index contributed by atoms with van der Waals surface area (Å²) in [5.74, 6) is -1.10. The highest BCUT2D eigenvalue weighted by atomic mass is 16.4. The summed E-state index contributed by atoms with van der Waals surface area (Å²) in [6.07, 6.45) is -0.959. The van der Waals surface area contributed by atoms with Gasteiger partial charge in [0.05, 0.1) is 6.54 Å². The first kappa shape index (κ1) is 10.5. The molecule has 1 amide bonds. The molecule has 5 heteroatoms. The largest absolute Gasteiger partial charge is 0.480 e. The van der Waals surface area contributed by atoms with Crippen LogP contribution in [0.2, 0.25) is 0 Å². The molecule has 0 saturated carbocycles. The maximum absolute atomic E-state index is 11.0. The minimum atomic E-state index is -1.19. The summed E-state index contributed by atoms with van der Waals surface area (Å²) >= 11 is 0. The first-order valence-corrected chi connectivity index (χ1v) is 4.88. The molecule has 2 N–H and O–H groups in total. The summed E-state index contributed by atoms with van der Waals surface area (Å²) in [5, 5.41) is 17.9. The van der Waals surface area contributed by atoms with Crippen LogP contribution < -0.4 is 0 Å². The highest BCUT2D eigenvalue weighted by Crippen LogP contribution is 2.23. The number of carbonyl (C=O) groups is 2. The lowest BCUT2D eigenvalue weighted by Crippen LogP contribution is -2.48. The maximum atomic E-state index is 11.0. The molecule has 0 fully saturated rings. The Morgan fingerprint density at radius 3 is 2.38 bits per heavy atom. The standard InChI is InChI=1S/C11H11NO4/c13-10(14)9-5-7-3-1-2-4-8(7)6-12(9)11(15)16/h1-4,9H,5-6H2,(H,13,14)(H,15,16)/t9-/m0/s1. The number of fused-ring (bicyclic) bond motifs is 1. The molecule has 1 atom stereocenters. The topological polar surface area (TPSA) is 77.8 Å². The quantitative estimate of drug-likeness (QED) is 0.746. The molecule has 1 aromatic rings. The minimum Gasteiger partial charge on any atom is -0.480 e. The smallest absolute Gasteiger partial charge is 0.408 e. The van der Waals surface area contributed by atoms with E-state index >= 15 is 0 Å². The van der Waals surface area contributed by atoms with Gasteiger partial charge in [0.1, 0.15) is 6.04 Å². The van der Waals surface area contributed by atoms with E-state index in [1.807, 2.05) is 24.3 Å². The van der Waals surface area contributed by atoms with E-state index in [1.165, 1.54) is 0 Å². The predicted octanol–water partition coefficient (Wildman–Crippen LogP) is 1.18. The third-order valence-corrected chi connectivity index (χ3v) is 2.78. The summed E-state index contributed by atoms with van der Waals surface area (Å²) in [6.45, 7) is 0.141. The van der Waals surface area contributed by atoms with E-state index < -0.39 is 18.1 Å². The highest BCUT2D eigenvalue weighted by molar-refractivity contribution is 5.80. The van der Waals surface area contributed by atoms with Gasteiger partial charge in [-0.1, -0.05) is 24.3 Å². The third kappa shape index (κ3) is 1.71. The summed E-state index contributed by atoms with van der Waals surface area (Å²) in [6, 6.07) is 6.33. The SMILES string of the molecule is O=C(O)[C@@H]1Cc2ccccc2CN1C(=O)O. The van der Waals surface area contributed by atoms with Gasteiger partial charge in [-0.25, -0.2) is 9.59 Å². The van der Waals surface area contributed by atoms with Gasteiger partial charge in [0, 0.05) is 6.42 Å². The van der Waals surface area contributed by atoms with Crippen molar-refractivity contribution in [3.63, 3.8) is 0 Å². The van der Waals surface area contributed by atoms with Gasteiger partial charge in [0.25, 0.3) is 0 Å². The first-order valence-electron chi connectivity index (χ1n) is 4.88. The molecule has 0 spiro atoms. The van der Waals surface area contributed by atoms with Gasteiger partial charge in [0.2, 0.25) is 0 Å². The van der Waals surface area contributed by atoms with Crippen LogP contribution >= 0.6 is 0 Å². The Morgan fingerprint density at radius 2 is 1.81 bits per heavy atom. The van der Waals surface area contributed by atoms with Crippen LogP contribution in [0.15, 0.2) is 24.3 Å². The van der Waals surface area contributed by atoms with Gasteiger partial charge in [-0.3, -0.25) is 4.90 Å². The number of carboxylic acids is 1. The van der Waals surface area contributed by atoms with E-state index in [-0.39, 0.29) is 13.0 Å². The molecule has 0 radical (unpaired) electrons. The van der Waals surface area contributed by atoms with Crippen molar-refractivity contribution in [2.75, 3.05) is 0 Å². The van der Waals surface area contributed by atoms with E-state index in [9.17, 15) is 9.59 Å². The van der Waals surface area contributed by atoms with Crippen molar-refractivity contribution in [2.24, 2.45) is 0 Å². The highest BCUT2D eigenvalue weighted by Gasteiger charge is 2.34. The molecule has 1 heterocycles. The fraction of sp³-hybridized carbons (Fsp3) is 0.273. The molecule has 1 aliphatic rings. The lowest BCUT2D eigenvalue weighted by atomic mass is 9.94. The van der Waals surface area contributed by atoms with Gasteiger partial charge in [-0.15, -0.1) is 0 Å². The molecule has 5 nitrogen and oxygen atoms in total. The van der Waals surface area contributed by atoms with Crippen LogP contribution in [-0.4, -0.2) is 33.2 Å². The molecule has 16 heavy (non-hydrogen) atoms. The van der Waals surface area contributed by atoms with E-state index in [4.69, 9.17) is 10.2 Å². The van der Waals surface area contributed by atoms with Crippen LogP contribution in [0.4, 0.5) is 4.79 Å². The summed E-state index contributed by atoms with van der Waals surface area (Å²) in [5.41, 5.74) is 1.79. The Hall–Kier alpha value is -2.04. The summed E-state index contributed by atoms with van der Waals surface area (Å²) < 4.78 is 0. The van der Waals surface area contributed by atoms with Gasteiger partial charge >= 0.3 is 12.1 Å². The average Bonchev–Trinajstić information content (AvgIpc) is 2.27. The average molecular weight is 221 g/mol. The number of rotatable bonds is 1. The van der Waals surface area contributed by atoms with Crippen molar-refractivity contribution in [2.45, 2.75) is 19.0 Å². The molecule has 0 unspecified atom stereocenters. The lowest BCUT2D eigenvalue weighted by Gasteiger charge is -2.32. The molecule has 0 bridgehead atoms. The van der Waals surface area contributed by atoms with Crippen molar-refractivity contribution in [1.29, 1.82) is 0 Å². The van der Waals surface area contributed by atoms with E-state index in [0.717, 1.165) is 16.0 Å². The number of nitrogens with zero attached hydrogens (tertiary/aromatic N) is 1. The maximum Gasteiger partial charge on any atom is 0.408 e. The lowest BCUT2D eigenvalue weighted by molar-refractivity contribution is -0.143. The number of hydrogen-bond acceptors (Lipinski definition) is 2. The predicted molar refractivity (Wildman–Crippen MR) is 55.1 cm³/mol. The second-order valence-corrected chi connectivity index (χ2v) is 3.74. The third-order valence-electron chi connectivity index (χ3n) is 2.78. The van der Waals surface area contributed by atoms with Crippen molar-refractivity contribution in [1.82, 2.24) is 4.90 Å². The Morgan fingerprint density at radius 1 is 1.19 bits per heavy atom. The zero-order valence-corrected chi connectivity index (χ0v) is 8.46. The van der Waals surface area contributed by atoms with Crippen molar-refractivity contribution < 1.29 is 19.8 Å². The van der Waals surface area contributed by atoms with Gasteiger partial charge in [0.15, 0.2) is 0 Å². The fourth-order valence-corrected chi connectivity index (χ4v) is 1.94. The second-order valence-electron chi connectivity index (χ2n) is 3.74. The molecule has 1 aromatic carbocycles. The zero-order valence-electron chi connectivity index (χ0n) is 8.46. The normalized spacial score (nSPS) is 19.0. The Kier molecular flexibility index (Phi) is 2.52. The Balaban J connectivity index is 2.37. The van der Waals surface area contributed by atoms with Crippen LogP contribution in [-0.2, 0) is 17.8 Å². The minimum absolute atomic E-state index is 0.141. The zero-order chi connectivity index (χ0) is 11.7. The van der Waals surface area contributed by atoms with Gasteiger partial charge in [-0.2, -0.15) is 0 Å². The van der Waals surface area contributed by atoms with Crippen molar-refractivity contribution in [3.05, 3.63) is 35.4 Å². The molecular formula is C11H11NO4. The summed E-state index contributed by atoms with van der Waals surface area (Å²) in [4.78, 5) is 22.9. The van der Waals surface area contributed by atoms with Crippen LogP contribution in [0.3, 0.4) is 0 Å². The number of carboxylic acid groups (broad SMARTS) is 2. The molecule has 0 aliphatic carbocycles. The number of hydrogen-bond donors (Lipinski definition) is 2. The monoisotopic (exact) mass is 221 g/mol. The van der Waals surface area contributed by atoms with Crippen LogP contribution in [0, 0.1) is 0 Å². The fourth-order valence-electron chi connectivity index (χ4n) is 1.94. The summed E-state index contributed by atoms with van der Waals surface area (Å²) in [7, 11) is 0. The molecule has 0 aromatic heterocycles. The second kappa shape index (κ2) is 3.84.